The van der Waals surface area contributed by atoms with E-state index in [2.05, 4.69) is 10.6 Å². The summed E-state index contributed by atoms with van der Waals surface area (Å²) in [6, 6.07) is 6.98. The van der Waals surface area contributed by atoms with Gasteiger partial charge in [-0.2, -0.15) is 0 Å². The first-order valence-corrected chi connectivity index (χ1v) is 10.7. The minimum atomic E-state index is -4.12. The molecule has 7 nitrogen and oxygen atoms in total. The van der Waals surface area contributed by atoms with Crippen molar-refractivity contribution in [1.82, 2.24) is 10.6 Å². The second-order valence-electron chi connectivity index (χ2n) is 6.80. The third-order valence-corrected chi connectivity index (χ3v) is 5.70. The van der Waals surface area contributed by atoms with Crippen molar-refractivity contribution in [2.45, 2.75) is 19.3 Å². The molecule has 148 valence electrons. The standard InChI is InChI=1S/C19H21ClN4O3S/c20-16-4-2-1-3-13(16)8-18(25)24-15-7-14(11-23-10-12-5-6-12)19(21)17(9-15)28(22,26)27/h1-4,7,9,11-12,21,23H,5-6,8,10H2,(H,24,25)(H2,22,26,27)/b14-11-,21-19?. The molecule has 0 bridgehead atoms. The van der Waals surface area contributed by atoms with Gasteiger partial charge in [0, 0.05) is 29.0 Å². The minimum Gasteiger partial charge on any atom is -0.390 e. The van der Waals surface area contributed by atoms with Gasteiger partial charge >= 0.3 is 0 Å². The molecule has 0 spiro atoms. The molecular formula is C19H21ClN4O3S. The molecule has 9 heteroatoms. The van der Waals surface area contributed by atoms with Crippen molar-refractivity contribution in [2.75, 3.05) is 6.54 Å². The van der Waals surface area contributed by atoms with E-state index < -0.39 is 10.0 Å². The molecule has 28 heavy (non-hydrogen) atoms. The molecule has 1 aromatic rings. The Hall–Kier alpha value is -2.42. The van der Waals surface area contributed by atoms with Gasteiger partial charge in [-0.25, -0.2) is 13.6 Å². The summed E-state index contributed by atoms with van der Waals surface area (Å²) in [6.45, 7) is 0.757. The molecule has 1 fully saturated rings. The van der Waals surface area contributed by atoms with Gasteiger partial charge in [0.15, 0.2) is 0 Å². The predicted octanol–water partition coefficient (Wildman–Crippen LogP) is 1.97. The number of hydrogen-bond donors (Lipinski definition) is 4. The van der Waals surface area contributed by atoms with Crippen LogP contribution in [0.15, 0.2) is 58.8 Å². The van der Waals surface area contributed by atoms with Gasteiger partial charge in [0.1, 0.15) is 4.91 Å². The first-order chi connectivity index (χ1) is 13.2. The average molecular weight is 421 g/mol. The summed E-state index contributed by atoms with van der Waals surface area (Å²) in [5.74, 6) is 0.254. The summed E-state index contributed by atoms with van der Waals surface area (Å²) >= 11 is 6.08. The lowest BCUT2D eigenvalue weighted by molar-refractivity contribution is -0.119. The zero-order chi connectivity index (χ0) is 20.3. The van der Waals surface area contributed by atoms with E-state index in [0.29, 0.717) is 22.1 Å². The van der Waals surface area contributed by atoms with Gasteiger partial charge in [0.25, 0.3) is 0 Å². The lowest BCUT2D eigenvalue weighted by atomic mass is 10.0. The highest BCUT2D eigenvalue weighted by Crippen LogP contribution is 2.28. The van der Waals surface area contributed by atoms with Crippen LogP contribution in [-0.2, 0) is 21.2 Å². The maximum Gasteiger partial charge on any atom is 0.240 e. The van der Waals surface area contributed by atoms with E-state index in [1.807, 2.05) is 0 Å². The van der Waals surface area contributed by atoms with E-state index in [0.717, 1.165) is 19.4 Å². The van der Waals surface area contributed by atoms with Crippen molar-refractivity contribution in [3.63, 3.8) is 0 Å². The van der Waals surface area contributed by atoms with Gasteiger partial charge in [-0.3, -0.25) is 10.2 Å². The van der Waals surface area contributed by atoms with Crippen LogP contribution < -0.4 is 15.8 Å². The normalized spacial score (nSPS) is 18.5. The van der Waals surface area contributed by atoms with Crippen molar-refractivity contribution in [3.8, 4) is 0 Å². The van der Waals surface area contributed by atoms with Gasteiger partial charge in [0.2, 0.25) is 15.9 Å². The molecule has 1 aromatic carbocycles. The number of amides is 1. The number of halogens is 1. The fourth-order valence-corrected chi connectivity index (χ4v) is 3.62. The zero-order valence-electron chi connectivity index (χ0n) is 15.0. The minimum absolute atomic E-state index is 0.0337. The molecule has 2 aliphatic rings. The van der Waals surface area contributed by atoms with E-state index in [1.165, 1.54) is 6.08 Å². The van der Waals surface area contributed by atoms with Crippen molar-refractivity contribution >= 4 is 33.2 Å². The van der Waals surface area contributed by atoms with E-state index in [1.54, 1.807) is 36.5 Å². The van der Waals surface area contributed by atoms with E-state index in [4.69, 9.17) is 22.1 Å². The van der Waals surface area contributed by atoms with Crippen LogP contribution >= 0.6 is 11.6 Å². The van der Waals surface area contributed by atoms with Crippen molar-refractivity contribution in [3.05, 3.63) is 69.4 Å². The molecule has 3 rings (SSSR count). The molecule has 0 saturated heterocycles. The predicted molar refractivity (Wildman–Crippen MR) is 109 cm³/mol. The maximum atomic E-state index is 12.4. The molecule has 0 aromatic heterocycles. The smallest absolute Gasteiger partial charge is 0.240 e. The lowest BCUT2D eigenvalue weighted by Gasteiger charge is -2.17. The Balaban J connectivity index is 1.79. The first kappa shape index (κ1) is 20.3. The first-order valence-electron chi connectivity index (χ1n) is 8.76. The molecule has 5 N–H and O–H groups in total. The SMILES string of the molecule is N=C1C(S(N)(=O)=O)=CC(NC(=O)Cc2ccccc2Cl)=C/C1=C/NCC1CC1. The fourth-order valence-electron chi connectivity index (χ4n) is 2.72. The Kier molecular flexibility index (Phi) is 6.02. The van der Waals surface area contributed by atoms with Crippen LogP contribution in [-0.4, -0.2) is 26.6 Å². The number of nitrogens with two attached hydrogens (primary N) is 1. The van der Waals surface area contributed by atoms with Crippen LogP contribution in [0.3, 0.4) is 0 Å². The van der Waals surface area contributed by atoms with Gasteiger partial charge in [0.05, 0.1) is 12.1 Å². The number of allylic oxidation sites excluding steroid dienone is 4. The largest absolute Gasteiger partial charge is 0.390 e. The summed E-state index contributed by atoms with van der Waals surface area (Å²) < 4.78 is 23.7. The number of carbonyl (C=O) groups excluding carboxylic acids is 1. The highest BCUT2D eigenvalue weighted by molar-refractivity contribution is 7.94. The molecule has 0 radical (unpaired) electrons. The van der Waals surface area contributed by atoms with Crippen LogP contribution in [0.2, 0.25) is 5.02 Å². The van der Waals surface area contributed by atoms with Crippen LogP contribution in [0.1, 0.15) is 18.4 Å². The Bertz CT molecular complexity index is 1010. The summed E-state index contributed by atoms with van der Waals surface area (Å²) in [4.78, 5) is 12.0. The summed E-state index contributed by atoms with van der Waals surface area (Å²) in [7, 11) is -4.12. The molecule has 0 unspecified atom stereocenters. The third-order valence-electron chi connectivity index (χ3n) is 4.39. The van der Waals surface area contributed by atoms with E-state index in [9.17, 15) is 13.2 Å². The third kappa shape index (κ3) is 5.31. The number of carbonyl (C=O) groups is 1. The Morgan fingerprint density at radius 2 is 2.00 bits per heavy atom. The number of primary sulfonamides is 1. The summed E-state index contributed by atoms with van der Waals surface area (Å²) in [5.41, 5.74) is 1.02. The Morgan fingerprint density at radius 3 is 2.64 bits per heavy atom. The van der Waals surface area contributed by atoms with Crippen molar-refractivity contribution < 1.29 is 13.2 Å². The number of hydrogen-bond acceptors (Lipinski definition) is 5. The highest BCUT2D eigenvalue weighted by Gasteiger charge is 2.25. The molecule has 0 aliphatic heterocycles. The van der Waals surface area contributed by atoms with Crippen LogP contribution in [0.4, 0.5) is 0 Å². The molecule has 1 amide bonds. The van der Waals surface area contributed by atoms with Gasteiger partial charge in [-0.05, 0) is 42.5 Å². The molecular weight excluding hydrogens is 400 g/mol. The quantitative estimate of drug-likeness (QED) is 0.538. The summed E-state index contributed by atoms with van der Waals surface area (Å²) in [5, 5.41) is 19.6. The maximum absolute atomic E-state index is 12.4. The van der Waals surface area contributed by atoms with Gasteiger partial charge < -0.3 is 10.6 Å². The number of sulfonamides is 1. The molecule has 0 heterocycles. The van der Waals surface area contributed by atoms with E-state index >= 15 is 0 Å². The van der Waals surface area contributed by atoms with Crippen LogP contribution in [0, 0.1) is 11.3 Å². The van der Waals surface area contributed by atoms with Crippen LogP contribution in [0.25, 0.3) is 0 Å². The van der Waals surface area contributed by atoms with Crippen LogP contribution in [0.5, 0.6) is 0 Å². The average Bonchev–Trinajstić information content (AvgIpc) is 3.43. The number of nitrogens with one attached hydrogen (secondary N) is 3. The monoisotopic (exact) mass is 420 g/mol. The number of benzene rings is 1. The highest BCUT2D eigenvalue weighted by atomic mass is 35.5. The molecule has 0 atom stereocenters. The van der Waals surface area contributed by atoms with Crippen molar-refractivity contribution in [1.29, 1.82) is 5.41 Å². The van der Waals surface area contributed by atoms with E-state index in [-0.39, 0.29) is 28.6 Å². The van der Waals surface area contributed by atoms with Gasteiger partial charge in [-0.15, -0.1) is 0 Å². The number of rotatable bonds is 7. The second kappa shape index (κ2) is 8.30. The summed E-state index contributed by atoms with van der Waals surface area (Å²) in [6.07, 6.45) is 6.68. The second-order valence-corrected chi connectivity index (χ2v) is 8.73. The molecule has 2 aliphatic carbocycles. The Morgan fingerprint density at radius 1 is 1.29 bits per heavy atom. The lowest BCUT2D eigenvalue weighted by Crippen LogP contribution is -2.30. The molecule has 1 saturated carbocycles. The zero-order valence-corrected chi connectivity index (χ0v) is 16.6. The fraction of sp³-hybridized carbons (Fsp3) is 0.263. The van der Waals surface area contributed by atoms with Gasteiger partial charge in [-0.1, -0.05) is 29.8 Å². The van der Waals surface area contributed by atoms with Crippen molar-refractivity contribution in [2.24, 2.45) is 11.1 Å². The topological polar surface area (TPSA) is 125 Å². The Labute approximate surface area is 168 Å².